The lowest BCUT2D eigenvalue weighted by molar-refractivity contribution is -0.143. The Hall–Kier alpha value is -2.04. The molecule has 5 nitrogen and oxygen atoms in total. The van der Waals surface area contributed by atoms with Crippen molar-refractivity contribution in [1.29, 1.82) is 0 Å². The molecule has 0 bridgehead atoms. The van der Waals surface area contributed by atoms with E-state index in [1.807, 2.05) is 31.2 Å². The van der Waals surface area contributed by atoms with Gasteiger partial charge in [-0.05, 0) is 37.0 Å². The molecule has 1 unspecified atom stereocenters. The first kappa shape index (κ1) is 18.3. The van der Waals surface area contributed by atoms with Crippen LogP contribution in [0, 0.1) is 5.92 Å². The third-order valence-corrected chi connectivity index (χ3v) is 4.90. The molecular weight excluding hydrogens is 306 g/mol. The fraction of sp³-hybridized carbons (Fsp3) is 0.579. The maximum Gasteiger partial charge on any atom is 0.308 e. The number of carbonyl (C=O) groups excluding carboxylic acids is 1. The predicted octanol–water partition coefficient (Wildman–Crippen LogP) is 3.34. The van der Waals surface area contributed by atoms with Gasteiger partial charge in [-0.15, -0.1) is 0 Å². The smallest absolute Gasteiger partial charge is 0.308 e. The average Bonchev–Trinajstić information content (AvgIpc) is 2.81. The molecule has 0 saturated heterocycles. The molecule has 24 heavy (non-hydrogen) atoms. The lowest BCUT2D eigenvalue weighted by atomic mass is 9.91. The van der Waals surface area contributed by atoms with Crippen LogP contribution >= 0.6 is 0 Å². The molecule has 3 atom stereocenters. The Morgan fingerprint density at radius 3 is 2.46 bits per heavy atom. The van der Waals surface area contributed by atoms with E-state index in [1.165, 1.54) is 0 Å². The highest BCUT2D eigenvalue weighted by molar-refractivity contribution is 5.84. The van der Waals surface area contributed by atoms with Crippen LogP contribution in [0.3, 0.4) is 0 Å². The Bertz CT molecular complexity index is 555. The Kier molecular flexibility index (Phi) is 6.64. The highest BCUT2D eigenvalue weighted by Crippen LogP contribution is 2.27. The number of rotatable bonds is 6. The third kappa shape index (κ3) is 4.49. The molecule has 1 amide bonds. The summed E-state index contributed by atoms with van der Waals surface area (Å²) in [6.45, 7) is 1.97. The van der Waals surface area contributed by atoms with E-state index in [0.717, 1.165) is 37.0 Å². The van der Waals surface area contributed by atoms with E-state index in [9.17, 15) is 14.7 Å². The molecule has 1 saturated carbocycles. The summed E-state index contributed by atoms with van der Waals surface area (Å²) in [7, 11) is 1.61. The van der Waals surface area contributed by atoms with Gasteiger partial charge in [0.2, 0.25) is 5.91 Å². The summed E-state index contributed by atoms with van der Waals surface area (Å²) in [5.41, 5.74) is 0.927. The molecule has 5 heteroatoms. The van der Waals surface area contributed by atoms with E-state index >= 15 is 0 Å². The summed E-state index contributed by atoms with van der Waals surface area (Å²) in [6.07, 6.45) is 4.96. The van der Waals surface area contributed by atoms with Crippen molar-refractivity contribution in [2.24, 2.45) is 5.92 Å². The number of nitrogens with one attached hydrogen (secondary N) is 1. The zero-order chi connectivity index (χ0) is 17.5. The highest BCUT2D eigenvalue weighted by Gasteiger charge is 2.32. The van der Waals surface area contributed by atoms with Crippen molar-refractivity contribution >= 4 is 11.9 Å². The van der Waals surface area contributed by atoms with Crippen molar-refractivity contribution in [3.8, 4) is 5.75 Å². The van der Waals surface area contributed by atoms with E-state index in [4.69, 9.17) is 4.74 Å². The van der Waals surface area contributed by atoms with Crippen LogP contribution in [-0.2, 0) is 9.59 Å². The van der Waals surface area contributed by atoms with Crippen molar-refractivity contribution < 1.29 is 19.4 Å². The van der Waals surface area contributed by atoms with Crippen LogP contribution < -0.4 is 10.1 Å². The number of benzene rings is 1. The normalized spacial score (nSPS) is 22.2. The van der Waals surface area contributed by atoms with Gasteiger partial charge in [0.05, 0.1) is 18.9 Å². The third-order valence-electron chi connectivity index (χ3n) is 4.90. The zero-order valence-corrected chi connectivity index (χ0v) is 14.5. The first-order chi connectivity index (χ1) is 11.6. The quantitative estimate of drug-likeness (QED) is 0.783. The topological polar surface area (TPSA) is 75.6 Å². The summed E-state index contributed by atoms with van der Waals surface area (Å²) in [5.74, 6) is -0.886. The van der Waals surface area contributed by atoms with Crippen molar-refractivity contribution in [2.45, 2.75) is 57.4 Å². The second kappa shape index (κ2) is 8.71. The molecule has 1 aliphatic rings. The van der Waals surface area contributed by atoms with Gasteiger partial charge in [0.1, 0.15) is 5.75 Å². The fourth-order valence-corrected chi connectivity index (χ4v) is 3.47. The second-order valence-corrected chi connectivity index (χ2v) is 6.43. The van der Waals surface area contributed by atoms with Crippen LogP contribution in [0.2, 0.25) is 0 Å². The highest BCUT2D eigenvalue weighted by atomic mass is 16.5. The molecule has 0 aliphatic heterocycles. The molecule has 1 aromatic carbocycles. The Balaban J connectivity index is 2.10. The van der Waals surface area contributed by atoms with E-state index < -0.39 is 11.9 Å². The minimum absolute atomic E-state index is 0.0826. The summed E-state index contributed by atoms with van der Waals surface area (Å²) in [4.78, 5) is 24.3. The maximum absolute atomic E-state index is 12.7. The standard InChI is InChI=1S/C19H27NO4/c1-3-15(13-9-11-14(24-2)12-10-13)18(21)20-17-8-6-4-5-7-16(17)19(22)23/h9-12,15-17H,3-8H2,1-2H3,(H,20,21)(H,22,23)/t15?,16-,17+/m1/s1. The number of amides is 1. The number of carboxylic acids is 1. The number of carboxylic acid groups (broad SMARTS) is 1. The van der Waals surface area contributed by atoms with Gasteiger partial charge in [-0.2, -0.15) is 0 Å². The number of methoxy groups -OCH3 is 1. The van der Waals surface area contributed by atoms with Crippen LogP contribution in [0.5, 0.6) is 5.75 Å². The molecule has 2 N–H and O–H groups in total. The Labute approximate surface area is 143 Å². The first-order valence-corrected chi connectivity index (χ1v) is 8.74. The maximum atomic E-state index is 12.7. The number of aliphatic carboxylic acids is 1. The molecule has 2 rings (SSSR count). The molecule has 1 aromatic rings. The number of carbonyl (C=O) groups is 2. The Morgan fingerprint density at radius 1 is 1.21 bits per heavy atom. The number of ether oxygens (including phenoxy) is 1. The van der Waals surface area contributed by atoms with E-state index in [-0.39, 0.29) is 17.9 Å². The van der Waals surface area contributed by atoms with Crippen molar-refractivity contribution in [3.63, 3.8) is 0 Å². The molecule has 132 valence electrons. The lowest BCUT2D eigenvalue weighted by Gasteiger charge is -2.25. The molecule has 0 radical (unpaired) electrons. The van der Waals surface area contributed by atoms with Gasteiger partial charge in [0, 0.05) is 6.04 Å². The first-order valence-electron chi connectivity index (χ1n) is 8.74. The summed E-state index contributed by atoms with van der Waals surface area (Å²) in [5, 5.41) is 12.5. The molecule has 0 aromatic heterocycles. The van der Waals surface area contributed by atoms with Crippen LogP contribution in [0.1, 0.15) is 56.9 Å². The fourth-order valence-electron chi connectivity index (χ4n) is 3.47. The largest absolute Gasteiger partial charge is 0.497 e. The van der Waals surface area contributed by atoms with Gasteiger partial charge in [0.25, 0.3) is 0 Å². The van der Waals surface area contributed by atoms with Gasteiger partial charge in [-0.25, -0.2) is 0 Å². The molecule has 0 spiro atoms. The van der Waals surface area contributed by atoms with Gasteiger partial charge in [-0.1, -0.05) is 38.3 Å². The van der Waals surface area contributed by atoms with Crippen LogP contribution in [-0.4, -0.2) is 30.1 Å². The van der Waals surface area contributed by atoms with Gasteiger partial charge in [0.15, 0.2) is 0 Å². The average molecular weight is 333 g/mol. The molecular formula is C19H27NO4. The summed E-state index contributed by atoms with van der Waals surface area (Å²) < 4.78 is 5.15. The van der Waals surface area contributed by atoms with E-state index in [0.29, 0.717) is 12.8 Å². The van der Waals surface area contributed by atoms with Crippen LogP contribution in [0.15, 0.2) is 24.3 Å². The van der Waals surface area contributed by atoms with E-state index in [2.05, 4.69) is 5.32 Å². The zero-order valence-electron chi connectivity index (χ0n) is 14.5. The van der Waals surface area contributed by atoms with Gasteiger partial charge >= 0.3 is 5.97 Å². The predicted molar refractivity (Wildman–Crippen MR) is 92.2 cm³/mol. The van der Waals surface area contributed by atoms with E-state index in [1.54, 1.807) is 7.11 Å². The molecule has 1 fully saturated rings. The summed E-state index contributed by atoms with van der Waals surface area (Å²) >= 11 is 0. The minimum atomic E-state index is -0.806. The summed E-state index contributed by atoms with van der Waals surface area (Å²) in [6, 6.07) is 7.21. The van der Waals surface area contributed by atoms with Gasteiger partial charge < -0.3 is 15.2 Å². The van der Waals surface area contributed by atoms with Crippen LogP contribution in [0.25, 0.3) is 0 Å². The SMILES string of the molecule is CCC(C(=O)N[C@H]1CCCCC[C@H]1C(=O)O)c1ccc(OC)cc1. The molecule has 1 aliphatic carbocycles. The van der Waals surface area contributed by atoms with Crippen molar-refractivity contribution in [1.82, 2.24) is 5.32 Å². The van der Waals surface area contributed by atoms with Gasteiger partial charge in [-0.3, -0.25) is 9.59 Å². The number of hydrogen-bond acceptors (Lipinski definition) is 3. The Morgan fingerprint density at radius 2 is 1.88 bits per heavy atom. The molecule has 0 heterocycles. The lowest BCUT2D eigenvalue weighted by Crippen LogP contribution is -2.44. The van der Waals surface area contributed by atoms with Crippen molar-refractivity contribution in [3.05, 3.63) is 29.8 Å². The second-order valence-electron chi connectivity index (χ2n) is 6.43. The minimum Gasteiger partial charge on any atom is -0.497 e. The van der Waals surface area contributed by atoms with Crippen molar-refractivity contribution in [2.75, 3.05) is 7.11 Å². The monoisotopic (exact) mass is 333 g/mol. The van der Waals surface area contributed by atoms with Crippen LogP contribution in [0.4, 0.5) is 0 Å². The number of hydrogen-bond donors (Lipinski definition) is 2.